The summed E-state index contributed by atoms with van der Waals surface area (Å²) in [6.45, 7) is 8.33. The number of methoxy groups -OCH3 is 1. The number of hydrogen-bond donors (Lipinski definition) is 2. The highest BCUT2D eigenvalue weighted by atomic mass is 19.4. The smallest absolute Gasteiger partial charge is 0.423 e. The number of rotatable bonds is 10. The molecule has 1 saturated heterocycles. The fraction of sp³-hybridized carbons (Fsp3) is 0.393. The Kier molecular flexibility index (Phi) is 9.10. The van der Waals surface area contributed by atoms with Gasteiger partial charge in [0.15, 0.2) is 6.29 Å². The Morgan fingerprint density at radius 2 is 1.85 bits per heavy atom. The summed E-state index contributed by atoms with van der Waals surface area (Å²) in [4.78, 5) is 24.3. The summed E-state index contributed by atoms with van der Waals surface area (Å²) in [6.07, 6.45) is -3.58. The maximum absolute atomic E-state index is 13.8. The minimum absolute atomic E-state index is 0.0441. The summed E-state index contributed by atoms with van der Waals surface area (Å²) in [6, 6.07) is 10.8. The maximum atomic E-state index is 13.8. The average molecular weight is 559 g/mol. The lowest BCUT2D eigenvalue weighted by Crippen LogP contribution is -2.48. The monoisotopic (exact) mass is 558 g/mol. The van der Waals surface area contributed by atoms with Gasteiger partial charge in [-0.3, -0.25) is 9.69 Å². The van der Waals surface area contributed by atoms with E-state index < -0.39 is 17.6 Å². The van der Waals surface area contributed by atoms with Gasteiger partial charge in [0, 0.05) is 56.7 Å². The van der Waals surface area contributed by atoms with Gasteiger partial charge in [0.25, 0.3) is 0 Å². The largest absolute Gasteiger partial charge is 0.494 e. The van der Waals surface area contributed by atoms with Crippen molar-refractivity contribution in [1.29, 1.82) is 0 Å². The van der Waals surface area contributed by atoms with Crippen molar-refractivity contribution < 1.29 is 27.4 Å². The lowest BCUT2D eigenvalue weighted by Gasteiger charge is -2.38. The van der Waals surface area contributed by atoms with Gasteiger partial charge in [0.1, 0.15) is 17.1 Å². The number of anilines is 3. The van der Waals surface area contributed by atoms with Gasteiger partial charge in [0.05, 0.1) is 18.4 Å². The average Bonchev–Trinajstić information content (AvgIpc) is 2.93. The molecule has 0 radical (unpaired) electrons. The molecule has 1 aliphatic rings. The number of aldehydes is 1. The number of piperazine rings is 1. The Balaban J connectivity index is 1.61. The molecule has 9 nitrogen and oxygen atoms in total. The van der Waals surface area contributed by atoms with E-state index in [-0.39, 0.29) is 17.3 Å². The maximum Gasteiger partial charge on any atom is 0.423 e. The van der Waals surface area contributed by atoms with E-state index in [0.29, 0.717) is 42.1 Å². The number of benzene rings is 2. The normalized spacial score (nSPS) is 14.3. The zero-order valence-corrected chi connectivity index (χ0v) is 22.9. The van der Waals surface area contributed by atoms with Gasteiger partial charge in [-0.25, -0.2) is 4.98 Å². The molecule has 0 amide bonds. The summed E-state index contributed by atoms with van der Waals surface area (Å²) >= 11 is 0. The van der Waals surface area contributed by atoms with Crippen LogP contribution < -0.4 is 25.0 Å². The van der Waals surface area contributed by atoms with E-state index in [1.165, 1.54) is 13.2 Å². The third kappa shape index (κ3) is 6.62. The number of aromatic nitrogens is 2. The van der Waals surface area contributed by atoms with Crippen molar-refractivity contribution in [1.82, 2.24) is 20.2 Å². The minimum Gasteiger partial charge on any atom is -0.494 e. The van der Waals surface area contributed by atoms with E-state index >= 15 is 0 Å². The van der Waals surface area contributed by atoms with E-state index in [0.717, 1.165) is 31.9 Å². The van der Waals surface area contributed by atoms with Crippen molar-refractivity contribution in [3.63, 3.8) is 0 Å². The molecule has 0 unspecified atom stereocenters. The molecule has 1 aromatic heterocycles. The first-order valence-corrected chi connectivity index (χ1v) is 12.9. The number of nitrogens with one attached hydrogen (secondary N) is 2. The summed E-state index contributed by atoms with van der Waals surface area (Å²) < 4.78 is 52.6. The molecule has 0 saturated carbocycles. The molecular formula is C28H33F3N6O3. The molecule has 2 aromatic carbocycles. The van der Waals surface area contributed by atoms with Crippen molar-refractivity contribution in [2.75, 3.05) is 50.6 Å². The molecular weight excluding hydrogens is 525 g/mol. The fourth-order valence-corrected chi connectivity index (χ4v) is 4.56. The second kappa shape index (κ2) is 12.5. The summed E-state index contributed by atoms with van der Waals surface area (Å²) in [5.41, 5.74) is 0.987. The molecule has 1 aliphatic heterocycles. The molecule has 40 heavy (non-hydrogen) atoms. The van der Waals surface area contributed by atoms with Crippen molar-refractivity contribution in [2.45, 2.75) is 32.6 Å². The third-order valence-electron chi connectivity index (χ3n) is 6.75. The van der Waals surface area contributed by atoms with Crippen LogP contribution in [0.25, 0.3) is 0 Å². The fourth-order valence-electron chi connectivity index (χ4n) is 4.56. The number of carbonyl (C=O) groups is 1. The topological polar surface area (TPSA) is 91.8 Å². The third-order valence-corrected chi connectivity index (χ3v) is 6.75. The quantitative estimate of drug-likeness (QED) is 0.330. The van der Waals surface area contributed by atoms with E-state index in [2.05, 4.69) is 44.2 Å². The van der Waals surface area contributed by atoms with Crippen molar-refractivity contribution in [3.8, 4) is 17.4 Å². The van der Waals surface area contributed by atoms with Gasteiger partial charge < -0.3 is 25.0 Å². The van der Waals surface area contributed by atoms with Crippen LogP contribution in [0, 0.1) is 0 Å². The molecule has 0 atom stereocenters. The highest BCUT2D eigenvalue weighted by Gasteiger charge is 2.37. The first-order valence-electron chi connectivity index (χ1n) is 12.9. The zero-order valence-electron chi connectivity index (χ0n) is 22.9. The Morgan fingerprint density at radius 3 is 2.48 bits per heavy atom. The molecule has 4 rings (SSSR count). The highest BCUT2D eigenvalue weighted by molar-refractivity contribution is 5.82. The van der Waals surface area contributed by atoms with E-state index in [1.54, 1.807) is 25.2 Å². The van der Waals surface area contributed by atoms with Gasteiger partial charge in [-0.1, -0.05) is 12.1 Å². The molecule has 12 heteroatoms. The van der Waals surface area contributed by atoms with E-state index in [4.69, 9.17) is 9.47 Å². The molecule has 0 aliphatic carbocycles. The van der Waals surface area contributed by atoms with Gasteiger partial charge in [-0.2, -0.15) is 18.2 Å². The Labute approximate surface area is 231 Å². The summed E-state index contributed by atoms with van der Waals surface area (Å²) in [5, 5.41) is 5.86. The predicted molar refractivity (Wildman–Crippen MR) is 147 cm³/mol. The molecule has 214 valence electrons. The van der Waals surface area contributed by atoms with Crippen LogP contribution in [0.2, 0.25) is 0 Å². The Hall–Kier alpha value is -3.90. The summed E-state index contributed by atoms with van der Waals surface area (Å²) in [7, 11) is 3.21. The summed E-state index contributed by atoms with van der Waals surface area (Å²) in [5.74, 6) is -0.415. The van der Waals surface area contributed by atoms with Crippen LogP contribution in [0.4, 0.5) is 30.5 Å². The second-order valence-corrected chi connectivity index (χ2v) is 9.62. The molecule has 3 aromatic rings. The van der Waals surface area contributed by atoms with Crippen molar-refractivity contribution >= 4 is 23.6 Å². The van der Waals surface area contributed by atoms with Gasteiger partial charge in [0.2, 0.25) is 11.8 Å². The number of ether oxygens (including phenoxy) is 2. The van der Waals surface area contributed by atoms with Crippen LogP contribution in [-0.2, 0) is 12.7 Å². The van der Waals surface area contributed by atoms with Crippen LogP contribution in [0.3, 0.4) is 0 Å². The highest BCUT2D eigenvalue weighted by Crippen LogP contribution is 2.39. The minimum atomic E-state index is -4.78. The van der Waals surface area contributed by atoms with Crippen LogP contribution in [0.15, 0.2) is 42.6 Å². The van der Waals surface area contributed by atoms with Gasteiger partial charge in [-0.05, 0) is 44.7 Å². The lowest BCUT2D eigenvalue weighted by atomic mass is 10.1. The number of hydrogen-bond acceptors (Lipinski definition) is 9. The number of carbonyl (C=O) groups excluding carboxylic acids is 1. The first-order chi connectivity index (χ1) is 19.1. The van der Waals surface area contributed by atoms with Crippen molar-refractivity contribution in [2.24, 2.45) is 0 Å². The standard InChI is InChI=1S/C28H33F3N6O3/c1-18(2)36-10-12-37(13-11-36)20-8-9-23(25(14-20)39-4)34-27-33-16-22(28(29,30)31)26(35-27)40-24-7-5-6-19(15-32-3)21(24)17-38/h5-9,14,16-18,32H,10-13,15H2,1-4H3,(H,33,34,35). The van der Waals surface area contributed by atoms with Gasteiger partial charge in [-0.15, -0.1) is 0 Å². The van der Waals surface area contributed by atoms with Crippen molar-refractivity contribution in [3.05, 3.63) is 59.3 Å². The van der Waals surface area contributed by atoms with Crippen LogP contribution in [0.5, 0.6) is 17.4 Å². The van der Waals surface area contributed by atoms with E-state index in [9.17, 15) is 18.0 Å². The zero-order chi connectivity index (χ0) is 28.9. The second-order valence-electron chi connectivity index (χ2n) is 9.62. The van der Waals surface area contributed by atoms with Crippen LogP contribution >= 0.6 is 0 Å². The van der Waals surface area contributed by atoms with Crippen LogP contribution in [0.1, 0.15) is 35.3 Å². The van der Waals surface area contributed by atoms with Gasteiger partial charge >= 0.3 is 6.18 Å². The lowest BCUT2D eigenvalue weighted by molar-refractivity contribution is -0.139. The SMILES string of the molecule is CNCc1cccc(Oc2nc(Nc3ccc(N4CCN(C(C)C)CC4)cc3OC)ncc2C(F)(F)F)c1C=O. The number of nitrogens with zero attached hydrogens (tertiary/aromatic N) is 4. The number of halogens is 3. The molecule has 0 spiro atoms. The molecule has 2 N–H and O–H groups in total. The van der Waals surface area contributed by atoms with Crippen LogP contribution in [-0.4, -0.2) is 67.5 Å². The molecule has 1 fully saturated rings. The predicted octanol–water partition coefficient (Wildman–Crippen LogP) is 5.10. The number of alkyl halides is 3. The Morgan fingerprint density at radius 1 is 1.10 bits per heavy atom. The Bertz CT molecular complexity index is 1330. The first kappa shape index (κ1) is 29.1. The van der Waals surface area contributed by atoms with E-state index in [1.807, 2.05) is 12.1 Å². The molecule has 2 heterocycles. The molecule has 0 bridgehead atoms.